The minimum absolute atomic E-state index is 0.133. The zero-order valence-electron chi connectivity index (χ0n) is 12.4. The smallest absolute Gasteiger partial charge is 0.253 e. The molecule has 1 amide bonds. The lowest BCUT2D eigenvalue weighted by atomic mass is 10.1. The third kappa shape index (κ3) is 5.19. The van der Waals surface area contributed by atoms with Crippen molar-refractivity contribution in [3.05, 3.63) is 29.8 Å². The topological polar surface area (TPSA) is 59.6 Å². The molecule has 0 bridgehead atoms. The van der Waals surface area contributed by atoms with E-state index in [1.807, 2.05) is 39.0 Å². The molecule has 0 atom stereocenters. The molecule has 0 aliphatic carbocycles. The molecule has 1 aromatic rings. The van der Waals surface area contributed by atoms with E-state index in [0.717, 1.165) is 12.2 Å². The third-order valence-corrected chi connectivity index (χ3v) is 2.67. The van der Waals surface area contributed by atoms with Gasteiger partial charge in [-0.2, -0.15) is 0 Å². The van der Waals surface area contributed by atoms with Crippen molar-refractivity contribution in [3.63, 3.8) is 0 Å². The second kappa shape index (κ2) is 9.34. The summed E-state index contributed by atoms with van der Waals surface area (Å²) in [5.41, 5.74) is 1.46. The van der Waals surface area contributed by atoms with Crippen LogP contribution in [0.3, 0.4) is 0 Å². The van der Waals surface area contributed by atoms with Gasteiger partial charge in [0, 0.05) is 25.4 Å². The van der Waals surface area contributed by atoms with Gasteiger partial charge in [-0.1, -0.05) is 12.1 Å². The van der Waals surface area contributed by atoms with Crippen molar-refractivity contribution in [1.82, 2.24) is 5.32 Å². The Bertz CT molecular complexity index is 404. The molecular formula is C15H24N2O3. The van der Waals surface area contributed by atoms with E-state index in [9.17, 15) is 4.79 Å². The van der Waals surface area contributed by atoms with Crippen molar-refractivity contribution in [2.45, 2.75) is 27.1 Å². The molecule has 5 heteroatoms. The highest BCUT2D eigenvalue weighted by molar-refractivity contribution is 5.99. The van der Waals surface area contributed by atoms with Crippen LogP contribution in [0.25, 0.3) is 0 Å². The zero-order valence-corrected chi connectivity index (χ0v) is 12.4. The van der Waals surface area contributed by atoms with E-state index in [4.69, 9.17) is 9.47 Å². The predicted octanol–water partition coefficient (Wildman–Crippen LogP) is 2.25. The van der Waals surface area contributed by atoms with Gasteiger partial charge >= 0.3 is 0 Å². The number of anilines is 1. The number of hydrogen-bond donors (Lipinski definition) is 2. The number of ether oxygens (including phenoxy) is 2. The highest BCUT2D eigenvalue weighted by Gasteiger charge is 2.13. The molecule has 0 heterocycles. The molecule has 0 saturated heterocycles. The van der Waals surface area contributed by atoms with Crippen molar-refractivity contribution in [1.29, 1.82) is 0 Å². The Hall–Kier alpha value is -1.59. The summed E-state index contributed by atoms with van der Waals surface area (Å²) in [4.78, 5) is 12.2. The summed E-state index contributed by atoms with van der Waals surface area (Å²) >= 11 is 0. The van der Waals surface area contributed by atoms with Crippen LogP contribution in [0.5, 0.6) is 0 Å². The van der Waals surface area contributed by atoms with Crippen molar-refractivity contribution in [3.8, 4) is 0 Å². The largest absolute Gasteiger partial charge is 0.385 e. The molecule has 1 rings (SSSR count). The molecule has 1 aromatic carbocycles. The highest BCUT2D eigenvalue weighted by Crippen LogP contribution is 2.14. The van der Waals surface area contributed by atoms with Crippen LogP contribution < -0.4 is 10.6 Å². The average Bonchev–Trinajstić information content (AvgIpc) is 2.46. The fourth-order valence-electron chi connectivity index (χ4n) is 1.83. The van der Waals surface area contributed by atoms with Gasteiger partial charge in [0.1, 0.15) is 0 Å². The second-order valence-electron chi connectivity index (χ2n) is 4.13. The van der Waals surface area contributed by atoms with E-state index >= 15 is 0 Å². The van der Waals surface area contributed by atoms with Gasteiger partial charge in [-0.25, -0.2) is 0 Å². The normalized spacial score (nSPS) is 10.6. The van der Waals surface area contributed by atoms with Crippen LogP contribution >= 0.6 is 0 Å². The predicted molar refractivity (Wildman–Crippen MR) is 80.0 cm³/mol. The van der Waals surface area contributed by atoms with E-state index < -0.39 is 6.29 Å². The van der Waals surface area contributed by atoms with Gasteiger partial charge in [-0.05, 0) is 32.9 Å². The maximum atomic E-state index is 12.2. The van der Waals surface area contributed by atoms with Crippen molar-refractivity contribution in [2.75, 3.05) is 31.6 Å². The molecule has 0 saturated carbocycles. The highest BCUT2D eigenvalue weighted by atomic mass is 16.7. The van der Waals surface area contributed by atoms with Gasteiger partial charge in [0.2, 0.25) is 0 Å². The molecule has 0 spiro atoms. The standard InChI is InChI=1S/C15H24N2O3/c1-4-16-13-10-8-7-9-12(13)15(18)17-11-14(19-5-2)20-6-3/h7-10,14,16H,4-6,11H2,1-3H3,(H,17,18). The minimum Gasteiger partial charge on any atom is -0.385 e. The van der Waals surface area contributed by atoms with Gasteiger partial charge in [0.05, 0.1) is 12.1 Å². The number of carbonyl (C=O) groups is 1. The average molecular weight is 280 g/mol. The van der Waals surface area contributed by atoms with Crippen LogP contribution in [0, 0.1) is 0 Å². The Kier molecular flexibility index (Phi) is 7.69. The van der Waals surface area contributed by atoms with Gasteiger partial charge in [0.15, 0.2) is 6.29 Å². The molecule has 5 nitrogen and oxygen atoms in total. The van der Waals surface area contributed by atoms with Crippen LogP contribution in [0.2, 0.25) is 0 Å². The number of carbonyl (C=O) groups excluding carboxylic acids is 1. The number of nitrogens with one attached hydrogen (secondary N) is 2. The molecule has 0 aliphatic heterocycles. The first-order valence-electron chi connectivity index (χ1n) is 7.07. The molecular weight excluding hydrogens is 256 g/mol. The van der Waals surface area contributed by atoms with E-state index in [2.05, 4.69) is 10.6 Å². The molecule has 0 radical (unpaired) electrons. The van der Waals surface area contributed by atoms with Crippen molar-refractivity contribution >= 4 is 11.6 Å². The Morgan fingerprint density at radius 2 is 1.80 bits per heavy atom. The quantitative estimate of drug-likeness (QED) is 0.681. The SMILES string of the molecule is CCNc1ccccc1C(=O)NCC(OCC)OCC. The molecule has 0 aliphatic rings. The zero-order chi connectivity index (χ0) is 14.8. The number of rotatable bonds is 9. The third-order valence-electron chi connectivity index (χ3n) is 2.67. The molecule has 0 fully saturated rings. The lowest BCUT2D eigenvalue weighted by Crippen LogP contribution is -2.35. The Morgan fingerprint density at radius 1 is 1.15 bits per heavy atom. The first-order chi connectivity index (χ1) is 9.72. The van der Waals surface area contributed by atoms with Crippen LogP contribution in [0.1, 0.15) is 31.1 Å². The van der Waals surface area contributed by atoms with Gasteiger partial charge < -0.3 is 20.1 Å². The number of hydrogen-bond acceptors (Lipinski definition) is 4. The van der Waals surface area contributed by atoms with Crippen molar-refractivity contribution < 1.29 is 14.3 Å². The number of amides is 1. The summed E-state index contributed by atoms with van der Waals surface area (Å²) in [6.45, 7) is 7.99. The monoisotopic (exact) mass is 280 g/mol. The molecule has 20 heavy (non-hydrogen) atoms. The second-order valence-corrected chi connectivity index (χ2v) is 4.13. The minimum atomic E-state index is -0.403. The summed E-state index contributed by atoms with van der Waals surface area (Å²) in [6, 6.07) is 7.43. The Balaban J connectivity index is 2.61. The first-order valence-corrected chi connectivity index (χ1v) is 7.07. The maximum absolute atomic E-state index is 12.2. The van der Waals surface area contributed by atoms with E-state index in [1.54, 1.807) is 6.07 Å². The Morgan fingerprint density at radius 3 is 2.40 bits per heavy atom. The van der Waals surface area contributed by atoms with Crippen LogP contribution in [-0.4, -0.2) is 38.5 Å². The van der Waals surface area contributed by atoms with Crippen LogP contribution in [0.15, 0.2) is 24.3 Å². The molecule has 2 N–H and O–H groups in total. The van der Waals surface area contributed by atoms with Crippen molar-refractivity contribution in [2.24, 2.45) is 0 Å². The maximum Gasteiger partial charge on any atom is 0.253 e. The lowest BCUT2D eigenvalue weighted by Gasteiger charge is -2.18. The van der Waals surface area contributed by atoms with E-state index in [0.29, 0.717) is 25.3 Å². The van der Waals surface area contributed by atoms with Gasteiger partial charge in [-0.3, -0.25) is 4.79 Å². The van der Waals surface area contributed by atoms with Gasteiger partial charge in [0.25, 0.3) is 5.91 Å². The summed E-state index contributed by atoms with van der Waals surface area (Å²) in [5.74, 6) is -0.133. The molecule has 112 valence electrons. The van der Waals surface area contributed by atoms with E-state index in [1.165, 1.54) is 0 Å². The fourth-order valence-corrected chi connectivity index (χ4v) is 1.83. The van der Waals surface area contributed by atoms with Crippen LogP contribution in [0.4, 0.5) is 5.69 Å². The summed E-state index contributed by atoms with van der Waals surface area (Å²) < 4.78 is 10.8. The lowest BCUT2D eigenvalue weighted by molar-refractivity contribution is -0.131. The fraction of sp³-hybridized carbons (Fsp3) is 0.533. The van der Waals surface area contributed by atoms with Gasteiger partial charge in [-0.15, -0.1) is 0 Å². The molecule has 0 aromatic heterocycles. The summed E-state index contributed by atoms with van der Waals surface area (Å²) in [7, 11) is 0. The summed E-state index contributed by atoms with van der Waals surface area (Å²) in [5, 5.41) is 6.01. The molecule has 0 unspecified atom stereocenters. The number of benzene rings is 1. The first kappa shape index (κ1) is 16.5. The Labute approximate surface area is 120 Å². The van der Waals surface area contributed by atoms with E-state index in [-0.39, 0.29) is 5.91 Å². The van der Waals surface area contributed by atoms with Crippen LogP contribution in [-0.2, 0) is 9.47 Å². The number of para-hydroxylation sites is 1. The summed E-state index contributed by atoms with van der Waals surface area (Å²) in [6.07, 6.45) is -0.403.